The second-order valence-corrected chi connectivity index (χ2v) is 6.73. The predicted molar refractivity (Wildman–Crippen MR) is 99.5 cm³/mol. The number of ether oxygens (including phenoxy) is 1. The van der Waals surface area contributed by atoms with Gasteiger partial charge >= 0.3 is 5.76 Å². The van der Waals surface area contributed by atoms with Gasteiger partial charge in [-0.2, -0.15) is 0 Å². The minimum atomic E-state index is -0.415. The zero-order chi connectivity index (χ0) is 18.1. The van der Waals surface area contributed by atoms with Crippen molar-refractivity contribution in [2.45, 2.75) is 19.9 Å². The van der Waals surface area contributed by atoms with Crippen molar-refractivity contribution in [2.75, 3.05) is 12.4 Å². The second-order valence-electron chi connectivity index (χ2n) is 5.81. The molecule has 1 heterocycles. The molecule has 0 atom stereocenters. The third-order valence-electron chi connectivity index (χ3n) is 3.79. The number of nitrogens with zero attached hydrogens (tertiary/aromatic N) is 1. The third-order valence-corrected chi connectivity index (χ3v) is 4.29. The topological polar surface area (TPSA) is 73.5 Å². The molecule has 1 aromatic heterocycles. The number of halogens is 1. The van der Waals surface area contributed by atoms with Gasteiger partial charge in [-0.1, -0.05) is 15.9 Å². The molecule has 0 bridgehead atoms. The molecule has 3 rings (SSSR count). The van der Waals surface area contributed by atoms with Crippen molar-refractivity contribution in [1.29, 1.82) is 0 Å². The Labute approximate surface area is 152 Å². The van der Waals surface area contributed by atoms with Crippen LogP contribution in [-0.4, -0.2) is 17.6 Å². The summed E-state index contributed by atoms with van der Waals surface area (Å²) >= 11 is 3.35. The number of hydrogen-bond donors (Lipinski definition) is 1. The van der Waals surface area contributed by atoms with Gasteiger partial charge in [-0.15, -0.1) is 0 Å². The van der Waals surface area contributed by atoms with E-state index >= 15 is 0 Å². The van der Waals surface area contributed by atoms with Crippen LogP contribution in [-0.2, 0) is 0 Å². The van der Waals surface area contributed by atoms with Crippen molar-refractivity contribution in [3.8, 4) is 5.75 Å². The summed E-state index contributed by atoms with van der Waals surface area (Å²) in [5.74, 6) is -0.260. The molecule has 0 unspecified atom stereocenters. The van der Waals surface area contributed by atoms with Crippen LogP contribution in [0.4, 0.5) is 5.69 Å². The number of amides is 1. The molecule has 3 aromatic rings. The average molecular weight is 405 g/mol. The molecule has 1 N–H and O–H groups in total. The van der Waals surface area contributed by atoms with Crippen LogP contribution >= 0.6 is 15.9 Å². The summed E-state index contributed by atoms with van der Waals surface area (Å²) in [5.41, 5.74) is 2.05. The van der Waals surface area contributed by atoms with E-state index in [2.05, 4.69) is 21.2 Å². The fraction of sp³-hybridized carbons (Fsp3) is 0.222. The average Bonchev–Trinajstić information content (AvgIpc) is 2.89. The number of anilines is 1. The van der Waals surface area contributed by atoms with Gasteiger partial charge in [0.2, 0.25) is 0 Å². The van der Waals surface area contributed by atoms with E-state index in [-0.39, 0.29) is 11.9 Å². The Kier molecular flexibility index (Phi) is 4.67. The number of rotatable bonds is 4. The molecule has 130 valence electrons. The van der Waals surface area contributed by atoms with Crippen LogP contribution in [0.3, 0.4) is 0 Å². The lowest BCUT2D eigenvalue weighted by Crippen LogP contribution is -2.16. The molecule has 0 fully saturated rings. The summed E-state index contributed by atoms with van der Waals surface area (Å²) in [6, 6.07) is 10.3. The van der Waals surface area contributed by atoms with Crippen molar-refractivity contribution in [1.82, 2.24) is 4.57 Å². The van der Waals surface area contributed by atoms with Crippen molar-refractivity contribution >= 4 is 38.6 Å². The number of methoxy groups -OCH3 is 1. The molecule has 0 aliphatic rings. The third kappa shape index (κ3) is 3.32. The smallest absolute Gasteiger partial charge is 0.420 e. The predicted octanol–water partition coefficient (Wildman–Crippen LogP) is 4.20. The molecule has 0 aliphatic heterocycles. The SMILES string of the molecule is COc1ccc(Br)cc1C(=O)Nc1ccc2c(c1)oc(=O)n2C(C)C. The van der Waals surface area contributed by atoms with Crippen LogP contribution in [0.1, 0.15) is 30.2 Å². The number of fused-ring (bicyclic) bond motifs is 1. The van der Waals surface area contributed by atoms with Gasteiger partial charge in [0.1, 0.15) is 5.75 Å². The molecule has 25 heavy (non-hydrogen) atoms. The second kappa shape index (κ2) is 6.76. The van der Waals surface area contributed by atoms with Crippen molar-refractivity contribution in [2.24, 2.45) is 0 Å². The summed E-state index contributed by atoms with van der Waals surface area (Å²) in [6.07, 6.45) is 0. The molecular weight excluding hydrogens is 388 g/mol. The van der Waals surface area contributed by atoms with Gasteiger partial charge in [-0.05, 0) is 44.2 Å². The van der Waals surface area contributed by atoms with Gasteiger partial charge in [-0.25, -0.2) is 4.79 Å². The molecular formula is C18H17BrN2O4. The molecule has 1 amide bonds. The number of aromatic nitrogens is 1. The van der Waals surface area contributed by atoms with E-state index in [0.717, 1.165) is 4.47 Å². The summed E-state index contributed by atoms with van der Waals surface area (Å²) in [5, 5.41) is 2.80. The Morgan fingerprint density at radius 2 is 2.00 bits per heavy atom. The van der Waals surface area contributed by atoms with E-state index in [1.165, 1.54) is 7.11 Å². The summed E-state index contributed by atoms with van der Waals surface area (Å²) in [4.78, 5) is 24.5. The van der Waals surface area contributed by atoms with E-state index in [4.69, 9.17) is 9.15 Å². The van der Waals surface area contributed by atoms with Crippen molar-refractivity contribution < 1.29 is 13.9 Å². The quantitative estimate of drug-likeness (QED) is 0.706. The van der Waals surface area contributed by atoms with Crippen LogP contribution in [0.25, 0.3) is 11.1 Å². The number of benzene rings is 2. The van der Waals surface area contributed by atoms with E-state index in [1.807, 2.05) is 13.8 Å². The minimum absolute atomic E-state index is 0.0138. The van der Waals surface area contributed by atoms with Gasteiger partial charge in [-0.3, -0.25) is 9.36 Å². The fourth-order valence-electron chi connectivity index (χ4n) is 2.66. The molecule has 6 nitrogen and oxygen atoms in total. The maximum absolute atomic E-state index is 12.6. The normalized spacial score (nSPS) is 11.1. The first-order valence-corrected chi connectivity index (χ1v) is 8.50. The van der Waals surface area contributed by atoms with Crippen LogP contribution in [0.2, 0.25) is 0 Å². The first kappa shape index (κ1) is 17.3. The lowest BCUT2D eigenvalue weighted by atomic mass is 10.2. The number of carbonyl (C=O) groups excluding carboxylic acids is 1. The minimum Gasteiger partial charge on any atom is -0.496 e. The Hall–Kier alpha value is -2.54. The van der Waals surface area contributed by atoms with Crippen LogP contribution in [0.15, 0.2) is 50.1 Å². The highest BCUT2D eigenvalue weighted by Gasteiger charge is 2.16. The molecule has 7 heteroatoms. The van der Waals surface area contributed by atoms with Gasteiger partial charge in [0.15, 0.2) is 5.58 Å². The van der Waals surface area contributed by atoms with E-state index in [1.54, 1.807) is 41.0 Å². The first-order valence-electron chi connectivity index (χ1n) is 7.70. The van der Waals surface area contributed by atoms with Crippen LogP contribution in [0, 0.1) is 0 Å². The molecule has 0 spiro atoms. The highest BCUT2D eigenvalue weighted by molar-refractivity contribution is 9.10. The Balaban J connectivity index is 1.95. The van der Waals surface area contributed by atoms with Crippen LogP contribution < -0.4 is 15.8 Å². The van der Waals surface area contributed by atoms with Crippen molar-refractivity contribution in [3.05, 3.63) is 57.0 Å². The summed E-state index contributed by atoms with van der Waals surface area (Å²) in [6.45, 7) is 3.82. The highest BCUT2D eigenvalue weighted by Crippen LogP contribution is 2.25. The van der Waals surface area contributed by atoms with E-state index in [9.17, 15) is 9.59 Å². The van der Waals surface area contributed by atoms with Crippen molar-refractivity contribution in [3.63, 3.8) is 0 Å². The van der Waals surface area contributed by atoms with E-state index in [0.29, 0.717) is 28.1 Å². The highest BCUT2D eigenvalue weighted by atomic mass is 79.9. The maximum Gasteiger partial charge on any atom is 0.420 e. The van der Waals surface area contributed by atoms with E-state index < -0.39 is 5.76 Å². The molecule has 2 aromatic carbocycles. The number of hydrogen-bond acceptors (Lipinski definition) is 4. The summed E-state index contributed by atoms with van der Waals surface area (Å²) in [7, 11) is 1.51. The van der Waals surface area contributed by atoms with Gasteiger partial charge < -0.3 is 14.5 Å². The van der Waals surface area contributed by atoms with Gasteiger partial charge in [0.05, 0.1) is 18.2 Å². The zero-order valence-electron chi connectivity index (χ0n) is 14.0. The molecule has 0 radical (unpaired) electrons. The number of nitrogens with one attached hydrogen (secondary N) is 1. The Morgan fingerprint density at radius 1 is 1.24 bits per heavy atom. The largest absolute Gasteiger partial charge is 0.496 e. The lowest BCUT2D eigenvalue weighted by molar-refractivity contribution is 0.102. The summed E-state index contributed by atoms with van der Waals surface area (Å²) < 4.78 is 12.8. The lowest BCUT2D eigenvalue weighted by Gasteiger charge is -2.10. The standard InChI is InChI=1S/C18H17BrN2O4/c1-10(2)21-14-6-5-12(9-16(14)25-18(21)23)20-17(22)13-8-11(19)4-7-15(13)24-3/h4-10H,1-3H3,(H,20,22). The van der Waals surface area contributed by atoms with Gasteiger partial charge in [0, 0.05) is 22.3 Å². The maximum atomic E-state index is 12.6. The monoisotopic (exact) mass is 404 g/mol. The van der Waals surface area contributed by atoms with Crippen LogP contribution in [0.5, 0.6) is 5.75 Å². The zero-order valence-corrected chi connectivity index (χ0v) is 15.6. The molecule has 0 aliphatic carbocycles. The number of carbonyl (C=O) groups is 1. The van der Waals surface area contributed by atoms with Gasteiger partial charge in [0.25, 0.3) is 5.91 Å². The Bertz CT molecular complexity index is 1000. The molecule has 0 saturated carbocycles. The molecule has 0 saturated heterocycles. The number of oxazole rings is 1. The fourth-order valence-corrected chi connectivity index (χ4v) is 3.02. The Morgan fingerprint density at radius 3 is 2.68 bits per heavy atom. The first-order chi connectivity index (χ1) is 11.9.